The zero-order chi connectivity index (χ0) is 34.0. The predicted octanol–water partition coefficient (Wildman–Crippen LogP) is 6.04. The smallest absolute Gasteiger partial charge is 0.310 e. The van der Waals surface area contributed by atoms with Gasteiger partial charge in [-0.05, 0) is 111 Å². The number of aryl methyl sites for hydroxylation is 3. The molecule has 1 atom stereocenters. The predicted molar refractivity (Wildman–Crippen MR) is 185 cm³/mol. The second-order valence-corrected chi connectivity index (χ2v) is 14.9. The zero-order valence-corrected chi connectivity index (χ0v) is 28.5. The maximum atomic E-state index is 14.4. The van der Waals surface area contributed by atoms with Crippen LogP contribution in [0, 0.1) is 18.3 Å². The third-order valence-corrected chi connectivity index (χ3v) is 11.2. The number of carboxylic acid groups (broad SMARTS) is 1. The van der Waals surface area contributed by atoms with E-state index in [1.165, 1.54) is 0 Å². The molecule has 3 aromatic carbocycles. The average molecular weight is 662 g/mol. The minimum Gasteiger partial charge on any atom is -0.481 e. The lowest BCUT2D eigenvalue weighted by molar-refractivity contribution is -0.147. The quantitative estimate of drug-likeness (QED) is 0.283. The Morgan fingerprint density at radius 3 is 2.59 bits per heavy atom. The molecule has 0 radical (unpaired) electrons. The Bertz CT molecular complexity index is 2010. The first kappa shape index (κ1) is 31.5. The van der Waals surface area contributed by atoms with Crippen molar-refractivity contribution in [2.24, 2.45) is 11.3 Å². The normalized spacial score (nSPS) is 19.8. The van der Waals surface area contributed by atoms with Crippen LogP contribution in [-0.2, 0) is 35.5 Å². The van der Waals surface area contributed by atoms with Crippen molar-refractivity contribution in [1.82, 2.24) is 19.9 Å². The Morgan fingerprint density at radius 2 is 1.80 bits per heavy atom. The lowest BCUT2D eigenvalue weighted by atomic mass is 9.69. The van der Waals surface area contributed by atoms with Gasteiger partial charge in [-0.1, -0.05) is 42.0 Å². The first-order chi connectivity index (χ1) is 23.6. The minimum absolute atomic E-state index is 0.0506. The molecule has 6 aliphatic heterocycles. The van der Waals surface area contributed by atoms with Crippen LogP contribution < -0.4 is 9.64 Å². The first-order valence-corrected chi connectivity index (χ1v) is 17.7. The molecule has 1 saturated carbocycles. The lowest BCUT2D eigenvalue weighted by Gasteiger charge is -2.35. The highest BCUT2D eigenvalue weighted by atomic mass is 16.5. The van der Waals surface area contributed by atoms with E-state index in [1.807, 2.05) is 45.7 Å². The van der Waals surface area contributed by atoms with Crippen molar-refractivity contribution in [3.63, 3.8) is 0 Å². The van der Waals surface area contributed by atoms with Crippen LogP contribution in [0.1, 0.15) is 95.6 Å². The molecule has 254 valence electrons. The van der Waals surface area contributed by atoms with Gasteiger partial charge in [0.15, 0.2) is 12.4 Å². The summed E-state index contributed by atoms with van der Waals surface area (Å²) in [5.74, 6) is -0.499. The Kier molecular flexibility index (Phi) is 7.72. The molecule has 10 nitrogen and oxygen atoms in total. The van der Waals surface area contributed by atoms with Gasteiger partial charge in [0.1, 0.15) is 5.52 Å². The molecular formula is C39H43N5O5. The van der Waals surface area contributed by atoms with Gasteiger partial charge in [-0.3, -0.25) is 14.4 Å². The van der Waals surface area contributed by atoms with Gasteiger partial charge < -0.3 is 19.6 Å². The van der Waals surface area contributed by atoms with E-state index >= 15 is 0 Å². The number of anilines is 1. The van der Waals surface area contributed by atoms with E-state index in [4.69, 9.17) is 4.74 Å². The monoisotopic (exact) mass is 661 g/mol. The van der Waals surface area contributed by atoms with E-state index < -0.39 is 17.3 Å². The number of benzene rings is 3. The van der Waals surface area contributed by atoms with Crippen LogP contribution in [0.2, 0.25) is 0 Å². The van der Waals surface area contributed by atoms with Gasteiger partial charge >= 0.3 is 5.97 Å². The van der Waals surface area contributed by atoms with Crippen LogP contribution in [-0.4, -0.2) is 62.5 Å². The number of carboxylic acids is 1. The van der Waals surface area contributed by atoms with Crippen LogP contribution in [0.15, 0.2) is 42.5 Å². The van der Waals surface area contributed by atoms with Gasteiger partial charge in [-0.2, -0.15) is 0 Å². The molecule has 4 aromatic rings. The van der Waals surface area contributed by atoms with Gasteiger partial charge in [0, 0.05) is 32.1 Å². The molecule has 0 saturated heterocycles. The summed E-state index contributed by atoms with van der Waals surface area (Å²) in [4.78, 5) is 44.2. The van der Waals surface area contributed by atoms with E-state index in [2.05, 4.69) is 28.5 Å². The number of carbonyl (C=O) groups excluding carboxylic acids is 2. The largest absolute Gasteiger partial charge is 0.481 e. The number of ether oxygens (including phenoxy) is 1. The highest BCUT2D eigenvalue weighted by Crippen LogP contribution is 2.46. The fourth-order valence-corrected chi connectivity index (χ4v) is 8.14. The maximum absolute atomic E-state index is 14.4. The summed E-state index contributed by atoms with van der Waals surface area (Å²) in [6.07, 6.45) is 6.46. The van der Waals surface area contributed by atoms with E-state index in [-0.39, 0.29) is 18.4 Å². The van der Waals surface area contributed by atoms with E-state index in [0.717, 1.165) is 88.6 Å². The van der Waals surface area contributed by atoms with E-state index in [1.54, 1.807) is 13.8 Å². The average Bonchev–Trinajstić information content (AvgIpc) is 3.82. The van der Waals surface area contributed by atoms with Crippen molar-refractivity contribution in [3.05, 3.63) is 81.4 Å². The van der Waals surface area contributed by atoms with Crippen molar-refractivity contribution in [2.45, 2.75) is 84.7 Å². The molecule has 1 N–H and O–H groups in total. The third kappa shape index (κ3) is 5.45. The molecule has 11 rings (SSSR count). The Hall–Kier alpha value is -4.73. The number of nitrogens with zero attached hydrogens (tertiary/aromatic N) is 5. The van der Waals surface area contributed by atoms with Crippen LogP contribution >= 0.6 is 0 Å². The van der Waals surface area contributed by atoms with Crippen molar-refractivity contribution in [2.75, 3.05) is 24.6 Å². The topological polar surface area (TPSA) is 118 Å². The van der Waals surface area contributed by atoms with Crippen LogP contribution in [0.4, 0.5) is 5.69 Å². The van der Waals surface area contributed by atoms with Gasteiger partial charge in [-0.15, -0.1) is 5.10 Å². The number of hydrogen-bond donors (Lipinski definition) is 1. The molecule has 1 aromatic heterocycles. The second kappa shape index (κ2) is 12.0. The summed E-state index contributed by atoms with van der Waals surface area (Å²) in [5.41, 5.74) is 7.80. The number of aliphatic carboxylic acids is 1. The van der Waals surface area contributed by atoms with Crippen molar-refractivity contribution >= 4 is 34.5 Å². The standard InChI is InChI=1S/C39H43N5O5/c1-23-29-14-15-31-34(23)40-41-44(31)17-6-4-5-7-26-12-13-30(36-35(26)43(20-24-8-9-24)32(45)22-49-36)37(46)42-18-16-25-10-11-27(19-28(25)21-42)33(29)39(2,3)38(47)48/h10-15,19,24,33H,4-9,16-18,20-22H2,1-3H3,(H,47,48). The summed E-state index contributed by atoms with van der Waals surface area (Å²) in [6.45, 7) is 7.83. The SMILES string of the molecule is Cc1c2ccc3c1nnn3CCCCCc1ccc(c3c1N(CC1CC1)C(=O)CO3)C(=O)N1CCc3ccc(cc3C1)C2C(C)(C)C(=O)O. The third-order valence-electron chi connectivity index (χ3n) is 11.2. The summed E-state index contributed by atoms with van der Waals surface area (Å²) < 4.78 is 8.10. The molecule has 10 heteroatoms. The Labute approximate surface area is 286 Å². The molecule has 7 heterocycles. The molecule has 1 fully saturated rings. The number of carbonyl (C=O) groups is 3. The fourth-order valence-electron chi connectivity index (χ4n) is 8.14. The Morgan fingerprint density at radius 1 is 0.980 bits per heavy atom. The van der Waals surface area contributed by atoms with Gasteiger partial charge in [0.05, 0.1) is 22.2 Å². The Balaban J connectivity index is 1.25. The first-order valence-electron chi connectivity index (χ1n) is 17.7. The lowest BCUT2D eigenvalue weighted by Crippen LogP contribution is -2.42. The van der Waals surface area contributed by atoms with E-state index in [0.29, 0.717) is 49.8 Å². The van der Waals surface area contributed by atoms with Crippen molar-refractivity contribution < 1.29 is 24.2 Å². The van der Waals surface area contributed by atoms with Crippen LogP contribution in [0.25, 0.3) is 11.0 Å². The molecule has 9 bridgehead atoms. The summed E-state index contributed by atoms with van der Waals surface area (Å²) in [5, 5.41) is 19.6. The van der Waals surface area contributed by atoms with Crippen molar-refractivity contribution in [3.8, 4) is 5.75 Å². The fraction of sp³-hybridized carbons (Fsp3) is 0.462. The van der Waals surface area contributed by atoms with Crippen LogP contribution in [0.5, 0.6) is 5.75 Å². The molecule has 1 unspecified atom stereocenters. The number of aromatic nitrogens is 3. The van der Waals surface area contributed by atoms with Crippen LogP contribution in [0.3, 0.4) is 0 Å². The minimum atomic E-state index is -1.13. The highest BCUT2D eigenvalue weighted by molar-refractivity contribution is 6.05. The van der Waals surface area contributed by atoms with Gasteiger partial charge in [0.2, 0.25) is 0 Å². The zero-order valence-electron chi connectivity index (χ0n) is 28.5. The summed E-state index contributed by atoms with van der Waals surface area (Å²) in [7, 11) is 0. The second-order valence-electron chi connectivity index (χ2n) is 14.9. The molecule has 2 amide bonds. The van der Waals surface area contributed by atoms with Gasteiger partial charge in [-0.25, -0.2) is 4.68 Å². The molecule has 0 spiro atoms. The summed E-state index contributed by atoms with van der Waals surface area (Å²) in [6, 6.07) is 14.2. The maximum Gasteiger partial charge on any atom is 0.310 e. The van der Waals surface area contributed by atoms with Crippen molar-refractivity contribution in [1.29, 1.82) is 0 Å². The highest BCUT2D eigenvalue weighted by Gasteiger charge is 2.41. The number of amides is 2. The van der Waals surface area contributed by atoms with E-state index in [9.17, 15) is 19.5 Å². The van der Waals surface area contributed by atoms with Gasteiger partial charge in [0.25, 0.3) is 11.8 Å². The molecular weight excluding hydrogens is 618 g/mol. The molecule has 7 aliphatic rings. The number of hydrogen-bond acceptors (Lipinski definition) is 6. The molecule has 49 heavy (non-hydrogen) atoms. The number of rotatable bonds is 4. The molecule has 1 aliphatic carbocycles. The summed E-state index contributed by atoms with van der Waals surface area (Å²) >= 11 is 0.